The topological polar surface area (TPSA) is 64.5 Å². The van der Waals surface area contributed by atoms with Gasteiger partial charge in [0.25, 0.3) is 5.91 Å². The number of hydrogen-bond acceptors (Lipinski definition) is 5. The predicted octanol–water partition coefficient (Wildman–Crippen LogP) is 3.08. The molecule has 0 aliphatic carbocycles. The first kappa shape index (κ1) is 17.3. The molecule has 4 rings (SSSR count). The summed E-state index contributed by atoms with van der Waals surface area (Å²) in [5.41, 5.74) is 0.878. The molecule has 1 aliphatic rings. The minimum absolute atomic E-state index is 0.0101. The number of nitrogens with zero attached hydrogens (tertiary/aromatic N) is 3. The van der Waals surface area contributed by atoms with Crippen molar-refractivity contribution in [3.8, 4) is 11.5 Å². The van der Waals surface area contributed by atoms with E-state index in [1.165, 1.54) is 0 Å². The summed E-state index contributed by atoms with van der Waals surface area (Å²) < 4.78 is 11.7. The fourth-order valence-corrected chi connectivity index (χ4v) is 3.24. The number of piperidine rings is 1. The van der Waals surface area contributed by atoms with Gasteiger partial charge in [0.1, 0.15) is 23.1 Å². The maximum absolute atomic E-state index is 12.3. The van der Waals surface area contributed by atoms with Crippen molar-refractivity contribution in [2.75, 3.05) is 19.7 Å². The molecular formula is C21H21N3O3. The molecule has 1 aliphatic heterocycles. The molecular weight excluding hydrogens is 342 g/mol. The van der Waals surface area contributed by atoms with Crippen LogP contribution in [0.1, 0.15) is 12.8 Å². The van der Waals surface area contributed by atoms with Crippen molar-refractivity contribution in [2.45, 2.75) is 18.9 Å². The van der Waals surface area contributed by atoms with Crippen LogP contribution in [0.2, 0.25) is 0 Å². The second-order valence-electron chi connectivity index (χ2n) is 6.51. The Morgan fingerprint density at radius 3 is 2.70 bits per heavy atom. The van der Waals surface area contributed by atoms with Gasteiger partial charge in [0.15, 0.2) is 6.61 Å². The Morgan fingerprint density at radius 1 is 1.07 bits per heavy atom. The minimum Gasteiger partial charge on any atom is -0.488 e. The molecule has 3 aromatic rings. The Balaban J connectivity index is 1.30. The van der Waals surface area contributed by atoms with Crippen LogP contribution in [0.25, 0.3) is 10.9 Å². The lowest BCUT2D eigenvalue weighted by Crippen LogP contribution is -2.43. The molecule has 138 valence electrons. The third-order valence-corrected chi connectivity index (χ3v) is 4.68. The summed E-state index contributed by atoms with van der Waals surface area (Å²) in [5, 5.41) is 1.06. The van der Waals surface area contributed by atoms with Gasteiger partial charge in [-0.3, -0.25) is 14.8 Å². The molecule has 0 saturated carbocycles. The number of pyridine rings is 2. The Hall–Kier alpha value is -3.15. The molecule has 0 spiro atoms. The van der Waals surface area contributed by atoms with E-state index >= 15 is 0 Å². The van der Waals surface area contributed by atoms with Crippen LogP contribution in [0.4, 0.5) is 0 Å². The molecule has 0 atom stereocenters. The fourth-order valence-electron chi connectivity index (χ4n) is 3.24. The van der Waals surface area contributed by atoms with E-state index in [0.29, 0.717) is 18.8 Å². The SMILES string of the molecule is O=C(COc1cccnc1)N1CCC(Oc2cccc3cccnc23)CC1. The van der Waals surface area contributed by atoms with Crippen LogP contribution in [0.15, 0.2) is 61.1 Å². The monoisotopic (exact) mass is 363 g/mol. The van der Waals surface area contributed by atoms with Crippen molar-refractivity contribution in [1.29, 1.82) is 0 Å². The number of para-hydroxylation sites is 1. The largest absolute Gasteiger partial charge is 0.488 e. The molecule has 1 saturated heterocycles. The fraction of sp³-hybridized carbons (Fsp3) is 0.286. The first-order valence-electron chi connectivity index (χ1n) is 9.10. The molecule has 6 heteroatoms. The maximum atomic E-state index is 12.3. The first-order chi connectivity index (χ1) is 13.3. The van der Waals surface area contributed by atoms with Gasteiger partial charge in [0.05, 0.1) is 6.20 Å². The van der Waals surface area contributed by atoms with E-state index in [4.69, 9.17) is 9.47 Å². The number of likely N-dealkylation sites (tertiary alicyclic amines) is 1. The van der Waals surface area contributed by atoms with Crippen molar-refractivity contribution in [3.63, 3.8) is 0 Å². The van der Waals surface area contributed by atoms with Crippen LogP contribution in [0, 0.1) is 0 Å². The summed E-state index contributed by atoms with van der Waals surface area (Å²) in [6.07, 6.45) is 6.72. The van der Waals surface area contributed by atoms with Gasteiger partial charge in [-0.25, -0.2) is 0 Å². The van der Waals surface area contributed by atoms with Gasteiger partial charge in [0, 0.05) is 43.7 Å². The highest BCUT2D eigenvalue weighted by atomic mass is 16.5. The zero-order valence-corrected chi connectivity index (χ0v) is 15.0. The zero-order valence-electron chi connectivity index (χ0n) is 15.0. The van der Waals surface area contributed by atoms with Crippen molar-refractivity contribution in [3.05, 3.63) is 61.1 Å². The lowest BCUT2D eigenvalue weighted by atomic mass is 10.1. The molecule has 0 N–H and O–H groups in total. The number of hydrogen-bond donors (Lipinski definition) is 0. The molecule has 2 aromatic heterocycles. The van der Waals surface area contributed by atoms with Crippen molar-refractivity contribution in [1.82, 2.24) is 14.9 Å². The Bertz CT molecular complexity index is 903. The molecule has 27 heavy (non-hydrogen) atoms. The lowest BCUT2D eigenvalue weighted by molar-refractivity contribution is -0.135. The van der Waals surface area contributed by atoms with E-state index < -0.39 is 0 Å². The quantitative estimate of drug-likeness (QED) is 0.697. The molecule has 0 unspecified atom stereocenters. The van der Waals surface area contributed by atoms with E-state index in [1.807, 2.05) is 35.2 Å². The third kappa shape index (κ3) is 4.16. The molecule has 0 bridgehead atoms. The highest BCUT2D eigenvalue weighted by Gasteiger charge is 2.24. The highest BCUT2D eigenvalue weighted by Crippen LogP contribution is 2.26. The maximum Gasteiger partial charge on any atom is 0.260 e. The molecule has 1 aromatic carbocycles. The summed E-state index contributed by atoms with van der Waals surface area (Å²) in [6, 6.07) is 13.5. The van der Waals surface area contributed by atoms with Crippen LogP contribution < -0.4 is 9.47 Å². The normalized spacial score (nSPS) is 14.9. The van der Waals surface area contributed by atoms with Crippen LogP contribution in [0.3, 0.4) is 0 Å². The number of benzene rings is 1. The van der Waals surface area contributed by atoms with Crippen molar-refractivity contribution < 1.29 is 14.3 Å². The van der Waals surface area contributed by atoms with Crippen LogP contribution in [0.5, 0.6) is 11.5 Å². The molecule has 1 amide bonds. The van der Waals surface area contributed by atoms with Gasteiger partial charge in [-0.05, 0) is 24.3 Å². The smallest absolute Gasteiger partial charge is 0.260 e. The van der Waals surface area contributed by atoms with E-state index in [2.05, 4.69) is 9.97 Å². The number of carbonyl (C=O) groups excluding carboxylic acids is 1. The number of amides is 1. The second kappa shape index (κ2) is 8.03. The second-order valence-corrected chi connectivity index (χ2v) is 6.51. The van der Waals surface area contributed by atoms with Gasteiger partial charge in [-0.15, -0.1) is 0 Å². The minimum atomic E-state index is -0.0101. The van der Waals surface area contributed by atoms with Gasteiger partial charge in [-0.1, -0.05) is 18.2 Å². The number of rotatable bonds is 5. The van der Waals surface area contributed by atoms with Gasteiger partial charge < -0.3 is 14.4 Å². The number of aromatic nitrogens is 2. The summed E-state index contributed by atoms with van der Waals surface area (Å²) in [6.45, 7) is 1.36. The van der Waals surface area contributed by atoms with E-state index in [9.17, 15) is 4.79 Å². The van der Waals surface area contributed by atoms with Gasteiger partial charge >= 0.3 is 0 Å². The lowest BCUT2D eigenvalue weighted by Gasteiger charge is -2.32. The van der Waals surface area contributed by atoms with Crippen molar-refractivity contribution in [2.24, 2.45) is 0 Å². The van der Waals surface area contributed by atoms with Crippen LogP contribution in [-0.2, 0) is 4.79 Å². The average Bonchev–Trinajstić information content (AvgIpc) is 2.74. The van der Waals surface area contributed by atoms with E-state index in [0.717, 1.165) is 29.5 Å². The zero-order chi connectivity index (χ0) is 18.5. The van der Waals surface area contributed by atoms with E-state index in [1.54, 1.807) is 30.7 Å². The predicted molar refractivity (Wildman–Crippen MR) is 102 cm³/mol. The summed E-state index contributed by atoms with van der Waals surface area (Å²) in [4.78, 5) is 22.6. The Labute approximate surface area is 157 Å². The van der Waals surface area contributed by atoms with Crippen LogP contribution in [-0.4, -0.2) is 46.6 Å². The molecule has 6 nitrogen and oxygen atoms in total. The molecule has 1 fully saturated rings. The first-order valence-corrected chi connectivity index (χ1v) is 9.10. The van der Waals surface area contributed by atoms with Crippen LogP contribution >= 0.6 is 0 Å². The van der Waals surface area contributed by atoms with Gasteiger partial charge in [-0.2, -0.15) is 0 Å². The Morgan fingerprint density at radius 2 is 1.89 bits per heavy atom. The summed E-state index contributed by atoms with van der Waals surface area (Å²) >= 11 is 0. The molecule has 3 heterocycles. The third-order valence-electron chi connectivity index (χ3n) is 4.68. The Kier molecular flexibility index (Phi) is 5.14. The molecule has 0 radical (unpaired) electrons. The van der Waals surface area contributed by atoms with Gasteiger partial charge in [0.2, 0.25) is 0 Å². The number of fused-ring (bicyclic) bond motifs is 1. The summed E-state index contributed by atoms with van der Waals surface area (Å²) in [5.74, 6) is 1.40. The summed E-state index contributed by atoms with van der Waals surface area (Å²) in [7, 11) is 0. The van der Waals surface area contributed by atoms with Crippen molar-refractivity contribution >= 4 is 16.8 Å². The van der Waals surface area contributed by atoms with E-state index in [-0.39, 0.29) is 18.6 Å². The average molecular weight is 363 g/mol. The number of carbonyl (C=O) groups is 1. The standard InChI is InChI=1S/C21H21N3O3/c25-20(15-26-18-6-3-10-22-14-18)24-12-8-17(9-13-24)27-19-7-1-4-16-5-2-11-23-21(16)19/h1-7,10-11,14,17H,8-9,12-13,15H2. The highest BCUT2D eigenvalue weighted by molar-refractivity contribution is 5.84. The number of ether oxygens (including phenoxy) is 2.